The summed E-state index contributed by atoms with van der Waals surface area (Å²) in [6, 6.07) is 0. The van der Waals surface area contributed by atoms with Crippen molar-refractivity contribution in [2.24, 2.45) is 10.2 Å². The molecular formula is C6H12N2O4Si. The van der Waals surface area contributed by atoms with Crippen LogP contribution in [-0.4, -0.2) is 27.8 Å². The lowest BCUT2D eigenvalue weighted by molar-refractivity contribution is 0.160. The van der Waals surface area contributed by atoms with E-state index in [0.29, 0.717) is 0 Å². The average Bonchev–Trinajstić information content (AvgIpc) is 2.00. The fourth-order valence-corrected chi connectivity index (χ4v) is 0.910. The van der Waals surface area contributed by atoms with Crippen LogP contribution in [0.1, 0.15) is 6.92 Å². The first-order valence-electron chi connectivity index (χ1n) is 3.85. The molecule has 13 heavy (non-hydrogen) atoms. The first-order valence-corrected chi connectivity index (χ1v) is 6.63. The Morgan fingerprint density at radius 1 is 1.23 bits per heavy atom. The van der Waals surface area contributed by atoms with Crippen molar-refractivity contribution >= 4 is 21.2 Å². The third kappa shape index (κ3) is 7.13. The van der Waals surface area contributed by atoms with Gasteiger partial charge >= 0.3 is 12.2 Å². The van der Waals surface area contributed by atoms with Crippen LogP contribution in [0.4, 0.5) is 9.59 Å². The third-order valence-corrected chi connectivity index (χ3v) is 1.49. The van der Waals surface area contributed by atoms with E-state index in [-0.39, 0.29) is 6.61 Å². The van der Waals surface area contributed by atoms with Gasteiger partial charge in [-0.3, -0.25) is 0 Å². The molecule has 0 fully saturated rings. The summed E-state index contributed by atoms with van der Waals surface area (Å²) in [6.45, 7) is 5.44. The second-order valence-electron chi connectivity index (χ2n) is 2.33. The Labute approximate surface area is 77.7 Å². The summed E-state index contributed by atoms with van der Waals surface area (Å²) in [5, 5.41) is 5.99. The van der Waals surface area contributed by atoms with Crippen molar-refractivity contribution in [1.82, 2.24) is 0 Å². The summed E-state index contributed by atoms with van der Waals surface area (Å²) in [5.41, 5.74) is 0. The first kappa shape index (κ1) is 11.8. The summed E-state index contributed by atoms with van der Waals surface area (Å²) in [6.07, 6.45) is -1.72. The Morgan fingerprint density at radius 2 is 1.77 bits per heavy atom. The van der Waals surface area contributed by atoms with Crippen LogP contribution in [0.25, 0.3) is 0 Å². The predicted octanol–water partition coefficient (Wildman–Crippen LogP) is 1.72. The van der Waals surface area contributed by atoms with E-state index >= 15 is 0 Å². The number of hydrogen-bond acceptors (Lipinski definition) is 4. The smallest absolute Gasteiger partial charge is 0.452 e. The maximum absolute atomic E-state index is 10.7. The fraction of sp³-hybridized carbons (Fsp3) is 0.667. The topological polar surface area (TPSA) is 77.3 Å². The van der Waals surface area contributed by atoms with Crippen molar-refractivity contribution in [3.63, 3.8) is 0 Å². The highest BCUT2D eigenvalue weighted by molar-refractivity contribution is 6.50. The number of rotatable bonds is 2. The van der Waals surface area contributed by atoms with E-state index in [4.69, 9.17) is 4.43 Å². The minimum atomic E-state index is -1.46. The van der Waals surface area contributed by atoms with E-state index in [1.807, 2.05) is 0 Å². The van der Waals surface area contributed by atoms with Gasteiger partial charge < -0.3 is 9.16 Å². The van der Waals surface area contributed by atoms with E-state index in [2.05, 4.69) is 15.0 Å². The summed E-state index contributed by atoms with van der Waals surface area (Å²) >= 11 is 0. The maximum atomic E-state index is 10.7. The van der Waals surface area contributed by atoms with Gasteiger partial charge in [-0.15, -0.1) is 0 Å². The van der Waals surface area contributed by atoms with Crippen LogP contribution in [0, 0.1) is 0 Å². The van der Waals surface area contributed by atoms with Crippen molar-refractivity contribution in [2.75, 3.05) is 6.61 Å². The lowest BCUT2D eigenvalue weighted by atomic mass is 10.9. The van der Waals surface area contributed by atoms with Gasteiger partial charge in [-0.2, -0.15) is 0 Å². The van der Waals surface area contributed by atoms with Crippen LogP contribution in [0.5, 0.6) is 0 Å². The Bertz CT molecular complexity index is 217. The van der Waals surface area contributed by atoms with Gasteiger partial charge in [-0.1, -0.05) is 10.2 Å². The largest absolute Gasteiger partial charge is 0.504 e. The molecule has 0 aromatic carbocycles. The van der Waals surface area contributed by atoms with Crippen molar-refractivity contribution in [2.45, 2.75) is 20.0 Å². The van der Waals surface area contributed by atoms with Gasteiger partial charge in [-0.05, 0) is 20.0 Å². The normalized spacial score (nSPS) is 10.5. The molecule has 0 rings (SSSR count). The molecule has 0 aliphatic carbocycles. The van der Waals surface area contributed by atoms with Crippen LogP contribution in [-0.2, 0) is 9.16 Å². The van der Waals surface area contributed by atoms with Crippen LogP contribution in [0.15, 0.2) is 10.2 Å². The van der Waals surface area contributed by atoms with Crippen molar-refractivity contribution in [3.8, 4) is 0 Å². The lowest BCUT2D eigenvalue weighted by Crippen LogP contribution is -2.11. The van der Waals surface area contributed by atoms with Gasteiger partial charge in [0.2, 0.25) is 9.04 Å². The van der Waals surface area contributed by atoms with E-state index in [0.717, 1.165) is 0 Å². The summed E-state index contributed by atoms with van der Waals surface area (Å²) in [5.74, 6) is 0. The number of amides is 2. The molecule has 0 N–H and O–H groups in total. The Hall–Kier alpha value is -1.24. The number of nitrogens with zero attached hydrogens (tertiary/aromatic N) is 2. The molecule has 0 spiro atoms. The fourth-order valence-electron chi connectivity index (χ4n) is 0.459. The monoisotopic (exact) mass is 204 g/mol. The quantitative estimate of drug-likeness (QED) is 0.506. The Balaban J connectivity index is 3.83. The van der Waals surface area contributed by atoms with Crippen molar-refractivity contribution in [1.29, 1.82) is 0 Å². The maximum Gasteiger partial charge on any atom is 0.452 e. The van der Waals surface area contributed by atoms with Crippen LogP contribution in [0.3, 0.4) is 0 Å². The zero-order valence-electron chi connectivity index (χ0n) is 7.81. The minimum absolute atomic E-state index is 0.200. The lowest BCUT2D eigenvalue weighted by Gasteiger charge is -2.00. The predicted molar refractivity (Wildman–Crippen MR) is 47.2 cm³/mol. The van der Waals surface area contributed by atoms with Gasteiger partial charge in [-0.25, -0.2) is 9.59 Å². The molecule has 0 saturated carbocycles. The SMILES string of the molecule is CCOC(=O)N=NC(=O)O[SiH](C)C. The molecule has 0 bridgehead atoms. The third-order valence-electron chi connectivity index (χ3n) is 0.818. The van der Waals surface area contributed by atoms with Gasteiger partial charge in [0.1, 0.15) is 0 Å². The molecule has 0 radical (unpaired) electrons. The van der Waals surface area contributed by atoms with Crippen molar-refractivity contribution in [3.05, 3.63) is 0 Å². The second kappa shape index (κ2) is 6.29. The van der Waals surface area contributed by atoms with Gasteiger partial charge in [0.05, 0.1) is 6.61 Å². The summed E-state index contributed by atoms with van der Waals surface area (Å²) in [7, 11) is -1.46. The van der Waals surface area contributed by atoms with Gasteiger partial charge in [0, 0.05) is 0 Å². The van der Waals surface area contributed by atoms with Crippen LogP contribution < -0.4 is 0 Å². The number of hydrogen-bond donors (Lipinski definition) is 0. The molecule has 0 saturated heterocycles. The molecule has 0 aromatic rings. The van der Waals surface area contributed by atoms with E-state index in [1.54, 1.807) is 20.0 Å². The van der Waals surface area contributed by atoms with Crippen LogP contribution in [0.2, 0.25) is 13.1 Å². The van der Waals surface area contributed by atoms with Gasteiger partial charge in [0.25, 0.3) is 0 Å². The average molecular weight is 204 g/mol. The molecule has 0 aliphatic heterocycles. The Kier molecular flexibility index (Phi) is 5.69. The Morgan fingerprint density at radius 3 is 2.23 bits per heavy atom. The molecular weight excluding hydrogens is 192 g/mol. The number of ether oxygens (including phenoxy) is 1. The molecule has 0 atom stereocenters. The second-order valence-corrected chi connectivity index (χ2v) is 4.66. The molecule has 0 unspecified atom stereocenters. The molecule has 6 nitrogen and oxygen atoms in total. The highest BCUT2D eigenvalue weighted by Gasteiger charge is 2.05. The highest BCUT2D eigenvalue weighted by atomic mass is 28.3. The van der Waals surface area contributed by atoms with E-state index in [1.165, 1.54) is 0 Å². The number of azo groups is 1. The van der Waals surface area contributed by atoms with Gasteiger partial charge in [0.15, 0.2) is 0 Å². The van der Waals surface area contributed by atoms with E-state index < -0.39 is 21.2 Å². The molecule has 7 heteroatoms. The summed E-state index contributed by atoms with van der Waals surface area (Å²) < 4.78 is 9.11. The molecule has 0 aromatic heterocycles. The molecule has 74 valence electrons. The van der Waals surface area contributed by atoms with Crippen molar-refractivity contribution < 1.29 is 18.8 Å². The molecule has 2 amide bonds. The molecule has 0 aliphatic rings. The molecule has 0 heterocycles. The summed E-state index contributed by atoms with van der Waals surface area (Å²) in [4.78, 5) is 21.3. The first-order chi connectivity index (χ1) is 6.06. The highest BCUT2D eigenvalue weighted by Crippen LogP contribution is 1.92. The standard InChI is InChI=1S/C6H12N2O4Si/c1-4-11-5(9)7-8-6(10)12-13(2)3/h13H,4H2,1-3H3. The zero-order valence-corrected chi connectivity index (χ0v) is 8.97. The minimum Gasteiger partial charge on any atom is -0.504 e. The zero-order chi connectivity index (χ0) is 10.3. The number of carbonyl (C=O) groups excluding carboxylic acids is 2. The van der Waals surface area contributed by atoms with E-state index in [9.17, 15) is 9.59 Å². The van der Waals surface area contributed by atoms with Crippen LogP contribution >= 0.6 is 0 Å². The number of carbonyl (C=O) groups is 2.